The van der Waals surface area contributed by atoms with Crippen LogP contribution in [0.4, 0.5) is 0 Å². The molecule has 1 aromatic carbocycles. The van der Waals surface area contributed by atoms with Crippen molar-refractivity contribution in [2.75, 3.05) is 26.2 Å². The number of nitrogens with zero attached hydrogens (tertiary/aromatic N) is 1. The summed E-state index contributed by atoms with van der Waals surface area (Å²) in [5.74, 6) is 0.971. The van der Waals surface area contributed by atoms with Gasteiger partial charge >= 0.3 is 0 Å². The Hall–Kier alpha value is -1.26. The van der Waals surface area contributed by atoms with Crippen LogP contribution in [0.25, 0.3) is 0 Å². The summed E-state index contributed by atoms with van der Waals surface area (Å²) in [5, 5.41) is 23.1. The zero-order valence-electron chi connectivity index (χ0n) is 11.8. The summed E-state index contributed by atoms with van der Waals surface area (Å²) in [7, 11) is 0. The van der Waals surface area contributed by atoms with Crippen molar-refractivity contribution in [2.24, 2.45) is 5.92 Å². The normalized spacial score (nSPS) is 21.7. The van der Waals surface area contributed by atoms with Crippen molar-refractivity contribution in [1.82, 2.24) is 10.2 Å². The van der Waals surface area contributed by atoms with Gasteiger partial charge in [0.2, 0.25) is 0 Å². The standard InChI is InChI=1S/C15H24N2O2/c1-3-17-8-7-12(10-17)9-16-11(2)15-13(18)5-4-6-14(15)19/h4-6,11-12,16,18-19H,3,7-10H2,1-2H3. The predicted octanol–water partition coefficient (Wildman–Crippen LogP) is 2.09. The van der Waals surface area contributed by atoms with Gasteiger partial charge in [0.15, 0.2) is 0 Å². The van der Waals surface area contributed by atoms with E-state index >= 15 is 0 Å². The molecule has 0 spiro atoms. The fourth-order valence-corrected chi connectivity index (χ4v) is 2.80. The van der Waals surface area contributed by atoms with Gasteiger partial charge in [-0.15, -0.1) is 0 Å². The quantitative estimate of drug-likeness (QED) is 0.762. The van der Waals surface area contributed by atoms with Crippen molar-refractivity contribution < 1.29 is 10.2 Å². The molecule has 0 bridgehead atoms. The van der Waals surface area contributed by atoms with Gasteiger partial charge in [-0.05, 0) is 51.0 Å². The molecule has 4 nitrogen and oxygen atoms in total. The highest BCUT2D eigenvalue weighted by atomic mass is 16.3. The predicted molar refractivity (Wildman–Crippen MR) is 76.4 cm³/mol. The van der Waals surface area contributed by atoms with Crippen molar-refractivity contribution in [2.45, 2.75) is 26.3 Å². The molecule has 1 aliphatic heterocycles. The second-order valence-electron chi connectivity index (χ2n) is 5.39. The van der Waals surface area contributed by atoms with Gasteiger partial charge in [-0.25, -0.2) is 0 Å². The number of hydrogen-bond acceptors (Lipinski definition) is 4. The average Bonchev–Trinajstić information content (AvgIpc) is 2.84. The molecule has 1 aliphatic rings. The summed E-state index contributed by atoms with van der Waals surface area (Å²) in [4.78, 5) is 2.45. The largest absolute Gasteiger partial charge is 0.507 e. The second-order valence-corrected chi connectivity index (χ2v) is 5.39. The first-order valence-electron chi connectivity index (χ1n) is 7.08. The summed E-state index contributed by atoms with van der Waals surface area (Å²) in [6.07, 6.45) is 1.22. The Morgan fingerprint density at radius 2 is 2.05 bits per heavy atom. The highest BCUT2D eigenvalue weighted by Crippen LogP contribution is 2.32. The third-order valence-corrected chi connectivity index (χ3v) is 4.02. The van der Waals surface area contributed by atoms with E-state index in [4.69, 9.17) is 0 Å². The van der Waals surface area contributed by atoms with Crippen LogP contribution in [0.3, 0.4) is 0 Å². The molecule has 0 saturated carbocycles. The van der Waals surface area contributed by atoms with E-state index in [1.165, 1.54) is 13.0 Å². The van der Waals surface area contributed by atoms with Crippen LogP contribution in [0.15, 0.2) is 18.2 Å². The van der Waals surface area contributed by atoms with E-state index in [-0.39, 0.29) is 17.5 Å². The van der Waals surface area contributed by atoms with Crippen LogP contribution in [0.5, 0.6) is 11.5 Å². The molecule has 0 amide bonds. The molecule has 2 atom stereocenters. The van der Waals surface area contributed by atoms with Crippen LogP contribution in [0, 0.1) is 5.92 Å². The molecule has 4 heteroatoms. The Labute approximate surface area is 115 Å². The maximum absolute atomic E-state index is 9.83. The topological polar surface area (TPSA) is 55.7 Å². The van der Waals surface area contributed by atoms with Crippen molar-refractivity contribution in [3.63, 3.8) is 0 Å². The number of phenols is 2. The summed E-state index contributed by atoms with van der Waals surface area (Å²) in [6.45, 7) is 8.53. The maximum atomic E-state index is 9.83. The van der Waals surface area contributed by atoms with Gasteiger partial charge in [-0.2, -0.15) is 0 Å². The van der Waals surface area contributed by atoms with Gasteiger partial charge in [0.1, 0.15) is 11.5 Å². The van der Waals surface area contributed by atoms with Gasteiger partial charge in [0, 0.05) is 12.6 Å². The Morgan fingerprint density at radius 1 is 1.37 bits per heavy atom. The first kappa shape index (κ1) is 14.2. The van der Waals surface area contributed by atoms with E-state index in [0.717, 1.165) is 19.6 Å². The maximum Gasteiger partial charge on any atom is 0.124 e. The molecule has 2 rings (SSSR count). The van der Waals surface area contributed by atoms with Crippen molar-refractivity contribution in [3.05, 3.63) is 23.8 Å². The molecule has 0 aromatic heterocycles. The Bertz CT molecular complexity index is 402. The number of phenolic OH excluding ortho intramolecular Hbond substituents is 2. The van der Waals surface area contributed by atoms with E-state index in [2.05, 4.69) is 17.1 Å². The number of aromatic hydroxyl groups is 2. The molecule has 0 aliphatic carbocycles. The zero-order valence-corrected chi connectivity index (χ0v) is 11.8. The highest BCUT2D eigenvalue weighted by molar-refractivity contribution is 5.44. The third kappa shape index (κ3) is 3.39. The van der Waals surface area contributed by atoms with Gasteiger partial charge in [-0.3, -0.25) is 0 Å². The molecule has 0 radical (unpaired) electrons. The molecule has 1 saturated heterocycles. The SMILES string of the molecule is CCN1CCC(CNC(C)c2c(O)cccc2O)C1. The summed E-state index contributed by atoms with van der Waals surface area (Å²) < 4.78 is 0. The Balaban J connectivity index is 1.89. The van der Waals surface area contributed by atoms with Gasteiger partial charge in [0.05, 0.1) is 5.56 Å². The van der Waals surface area contributed by atoms with E-state index in [0.29, 0.717) is 11.5 Å². The molecule has 3 N–H and O–H groups in total. The molecule has 2 unspecified atom stereocenters. The van der Waals surface area contributed by atoms with Gasteiger partial charge in [-0.1, -0.05) is 13.0 Å². The van der Waals surface area contributed by atoms with Crippen LogP contribution in [0.2, 0.25) is 0 Å². The minimum Gasteiger partial charge on any atom is -0.507 e. The van der Waals surface area contributed by atoms with Crippen LogP contribution < -0.4 is 5.32 Å². The fraction of sp³-hybridized carbons (Fsp3) is 0.600. The lowest BCUT2D eigenvalue weighted by Crippen LogP contribution is -2.28. The van der Waals surface area contributed by atoms with E-state index in [1.54, 1.807) is 18.2 Å². The van der Waals surface area contributed by atoms with E-state index in [1.807, 2.05) is 6.92 Å². The molecule has 1 fully saturated rings. The number of benzene rings is 1. The second kappa shape index (κ2) is 6.26. The minimum atomic E-state index is -0.0446. The van der Waals surface area contributed by atoms with Gasteiger partial charge < -0.3 is 20.4 Å². The van der Waals surface area contributed by atoms with Crippen LogP contribution in [0.1, 0.15) is 31.9 Å². The molecule has 1 aromatic rings. The lowest BCUT2D eigenvalue weighted by atomic mass is 10.0. The van der Waals surface area contributed by atoms with E-state index in [9.17, 15) is 10.2 Å². The van der Waals surface area contributed by atoms with Crippen LogP contribution in [-0.4, -0.2) is 41.3 Å². The lowest BCUT2D eigenvalue weighted by molar-refractivity contribution is 0.334. The molecular formula is C15H24N2O2. The number of nitrogens with one attached hydrogen (secondary N) is 1. The number of rotatable bonds is 5. The van der Waals surface area contributed by atoms with Crippen molar-refractivity contribution in [3.8, 4) is 11.5 Å². The van der Waals surface area contributed by atoms with Crippen LogP contribution in [-0.2, 0) is 0 Å². The summed E-state index contributed by atoms with van der Waals surface area (Å²) in [6, 6.07) is 4.83. The lowest BCUT2D eigenvalue weighted by Gasteiger charge is -2.19. The fourth-order valence-electron chi connectivity index (χ4n) is 2.80. The first-order chi connectivity index (χ1) is 9.11. The zero-order chi connectivity index (χ0) is 13.8. The third-order valence-electron chi connectivity index (χ3n) is 4.02. The Morgan fingerprint density at radius 3 is 2.63 bits per heavy atom. The summed E-state index contributed by atoms with van der Waals surface area (Å²) in [5.41, 5.74) is 0.591. The summed E-state index contributed by atoms with van der Waals surface area (Å²) >= 11 is 0. The molecule has 1 heterocycles. The number of likely N-dealkylation sites (tertiary alicyclic amines) is 1. The smallest absolute Gasteiger partial charge is 0.124 e. The average molecular weight is 264 g/mol. The van der Waals surface area contributed by atoms with Crippen molar-refractivity contribution in [1.29, 1.82) is 0 Å². The molecule has 19 heavy (non-hydrogen) atoms. The monoisotopic (exact) mass is 264 g/mol. The van der Waals surface area contributed by atoms with Gasteiger partial charge in [0.25, 0.3) is 0 Å². The first-order valence-corrected chi connectivity index (χ1v) is 7.08. The molecular weight excluding hydrogens is 240 g/mol. The molecule has 106 valence electrons. The van der Waals surface area contributed by atoms with Crippen LogP contribution >= 0.6 is 0 Å². The van der Waals surface area contributed by atoms with E-state index < -0.39 is 0 Å². The number of hydrogen-bond donors (Lipinski definition) is 3. The van der Waals surface area contributed by atoms with Crippen molar-refractivity contribution >= 4 is 0 Å². The minimum absolute atomic E-state index is 0.0446. The Kier molecular flexibility index (Phi) is 4.66. The highest BCUT2D eigenvalue weighted by Gasteiger charge is 2.22.